The number of amides is 1. The molecule has 9 heteroatoms. The first kappa shape index (κ1) is 29.7. The minimum Gasteiger partial charge on any atom is -0.464 e. The number of carbonyl (C=O) groups is 3. The minimum absolute atomic E-state index is 0.136. The second-order valence-electron chi connectivity index (χ2n) is 11.7. The van der Waals surface area contributed by atoms with Crippen LogP contribution in [0.5, 0.6) is 0 Å². The van der Waals surface area contributed by atoms with Crippen LogP contribution in [0.4, 0.5) is 5.69 Å². The maximum absolute atomic E-state index is 13.8. The van der Waals surface area contributed by atoms with Crippen LogP contribution in [0.2, 0.25) is 10.0 Å². The van der Waals surface area contributed by atoms with Crippen LogP contribution >= 0.6 is 23.2 Å². The van der Waals surface area contributed by atoms with Gasteiger partial charge in [0, 0.05) is 23.8 Å². The van der Waals surface area contributed by atoms with E-state index < -0.39 is 22.8 Å². The Labute approximate surface area is 251 Å². The lowest BCUT2D eigenvalue weighted by Crippen LogP contribution is -2.62. The van der Waals surface area contributed by atoms with Gasteiger partial charge >= 0.3 is 5.97 Å². The number of halogens is 2. The zero-order valence-corrected chi connectivity index (χ0v) is 25.2. The molecular weight excluding hydrogens is 561 g/mol. The number of esters is 1. The highest BCUT2D eigenvalue weighted by atomic mass is 35.5. The van der Waals surface area contributed by atoms with Gasteiger partial charge in [-0.05, 0) is 63.1 Å². The number of ketones is 1. The van der Waals surface area contributed by atoms with Crippen LogP contribution in [0.3, 0.4) is 0 Å². The summed E-state index contributed by atoms with van der Waals surface area (Å²) in [6.07, 6.45) is 13.0. The van der Waals surface area contributed by atoms with Crippen molar-refractivity contribution >= 4 is 52.3 Å². The van der Waals surface area contributed by atoms with Gasteiger partial charge in [0.15, 0.2) is 11.3 Å². The van der Waals surface area contributed by atoms with Crippen LogP contribution in [0, 0.1) is 17.3 Å². The Hall–Kier alpha value is -2.77. The highest BCUT2D eigenvalue weighted by Crippen LogP contribution is 2.55. The van der Waals surface area contributed by atoms with Crippen LogP contribution in [0.25, 0.3) is 0 Å². The van der Waals surface area contributed by atoms with Gasteiger partial charge in [0.05, 0.1) is 33.5 Å². The van der Waals surface area contributed by atoms with Crippen molar-refractivity contribution in [1.29, 1.82) is 0 Å². The Morgan fingerprint density at radius 2 is 1.63 bits per heavy atom. The third-order valence-corrected chi connectivity index (χ3v) is 9.74. The van der Waals surface area contributed by atoms with E-state index in [-0.39, 0.29) is 28.1 Å². The van der Waals surface area contributed by atoms with Crippen LogP contribution in [0.1, 0.15) is 94.0 Å². The highest BCUT2D eigenvalue weighted by molar-refractivity contribution is 6.40. The van der Waals surface area contributed by atoms with Crippen molar-refractivity contribution in [2.24, 2.45) is 22.2 Å². The lowest BCUT2D eigenvalue weighted by atomic mass is 9.49. The normalized spacial score (nSPS) is 23.1. The maximum Gasteiger partial charge on any atom is 0.338 e. The Morgan fingerprint density at radius 1 is 1.02 bits per heavy atom. The van der Waals surface area contributed by atoms with E-state index in [1.807, 2.05) is 0 Å². The minimum atomic E-state index is -1.33. The average molecular weight is 599 g/mol. The molecule has 1 unspecified atom stereocenters. The van der Waals surface area contributed by atoms with E-state index in [4.69, 9.17) is 32.9 Å². The fourth-order valence-corrected chi connectivity index (χ4v) is 7.48. The number of rotatable bonds is 7. The largest absolute Gasteiger partial charge is 0.464 e. The van der Waals surface area contributed by atoms with Crippen molar-refractivity contribution in [3.8, 4) is 0 Å². The third kappa shape index (κ3) is 5.55. The maximum atomic E-state index is 13.8. The topological polar surface area (TPSA) is 97.7 Å². The Morgan fingerprint density at radius 3 is 2.24 bits per heavy atom. The first-order valence-corrected chi connectivity index (χ1v) is 15.5. The van der Waals surface area contributed by atoms with E-state index in [2.05, 4.69) is 10.3 Å². The Bertz CT molecular complexity index is 1330. The fraction of sp³-hybridized carbons (Fsp3) is 0.531. The summed E-state index contributed by atoms with van der Waals surface area (Å²) >= 11 is 12.3. The number of pyridine rings is 1. The van der Waals surface area contributed by atoms with Crippen molar-refractivity contribution < 1.29 is 19.1 Å². The molecule has 1 heterocycles. The highest BCUT2D eigenvalue weighted by Gasteiger charge is 2.61. The summed E-state index contributed by atoms with van der Waals surface area (Å²) in [7, 11) is 0. The smallest absolute Gasteiger partial charge is 0.338 e. The number of aliphatic imine (C=N–C) groups is 1. The van der Waals surface area contributed by atoms with Gasteiger partial charge in [-0.3, -0.25) is 19.6 Å². The van der Waals surface area contributed by atoms with E-state index in [9.17, 15) is 14.4 Å². The van der Waals surface area contributed by atoms with Crippen LogP contribution < -0.4 is 5.32 Å². The van der Waals surface area contributed by atoms with Gasteiger partial charge in [-0.1, -0.05) is 73.9 Å². The predicted octanol–water partition coefficient (Wildman–Crippen LogP) is 7.59. The molecule has 0 bridgehead atoms. The molecular formula is C32H37Cl2N3O4. The van der Waals surface area contributed by atoms with Crippen LogP contribution in [0.15, 0.2) is 41.7 Å². The van der Waals surface area contributed by atoms with E-state index >= 15 is 0 Å². The SMILES string of the molecule is CCOC(=O)[C@@](C)(N=C1C(C2CCCCC2)C(=O)C12CCCCC2)c1ccc(NC(=O)c2c(Cl)cncc2Cl)cc1. The number of ether oxygens (including phenoxy) is 1. The molecule has 3 saturated carbocycles. The van der Waals surface area contributed by atoms with Crippen LogP contribution in [-0.4, -0.2) is 35.0 Å². The number of nitrogens with one attached hydrogen (secondary N) is 1. The summed E-state index contributed by atoms with van der Waals surface area (Å²) in [6, 6.07) is 6.98. The number of Topliss-reactive ketones (excluding diaryl/α,β-unsaturated/α-hetero) is 1. The Kier molecular flexibility index (Phi) is 8.86. The van der Waals surface area contributed by atoms with Crippen molar-refractivity contribution in [3.05, 3.63) is 57.8 Å². The third-order valence-electron chi connectivity index (χ3n) is 9.17. The first-order chi connectivity index (χ1) is 19.7. The van der Waals surface area contributed by atoms with Gasteiger partial charge in [-0.2, -0.15) is 0 Å². The molecule has 1 spiro atoms. The van der Waals surface area contributed by atoms with Gasteiger partial charge in [0.25, 0.3) is 5.91 Å². The van der Waals surface area contributed by atoms with Gasteiger partial charge in [-0.25, -0.2) is 4.79 Å². The standard InChI is InChI=1S/C32H37Cl2N3O4/c1-3-41-30(40)31(2,21-12-14-22(15-13-21)36-29(39)26-23(33)18-35-19-24(26)34)37-27-25(20-10-6-4-7-11-20)28(38)32(27)16-8-5-9-17-32/h12-15,18-20,25H,3-11,16-17H2,1-2H3,(H,36,39)/t25?,31-/m0/s1. The number of carbonyl (C=O) groups excluding carboxylic acids is 3. The number of hydrogen-bond donors (Lipinski definition) is 1. The molecule has 7 nitrogen and oxygen atoms in total. The number of hydrogen-bond acceptors (Lipinski definition) is 6. The molecule has 3 aliphatic rings. The second kappa shape index (κ2) is 12.2. The number of anilines is 1. The molecule has 3 fully saturated rings. The monoisotopic (exact) mass is 597 g/mol. The molecule has 1 aromatic carbocycles. The molecule has 218 valence electrons. The summed E-state index contributed by atoms with van der Waals surface area (Å²) in [5.41, 5.74) is 0.299. The summed E-state index contributed by atoms with van der Waals surface area (Å²) in [5, 5.41) is 3.11. The van der Waals surface area contributed by atoms with E-state index in [0.717, 1.165) is 63.5 Å². The zero-order valence-electron chi connectivity index (χ0n) is 23.7. The van der Waals surface area contributed by atoms with Crippen molar-refractivity contribution in [3.63, 3.8) is 0 Å². The molecule has 1 amide bonds. The average Bonchev–Trinajstić information content (AvgIpc) is 2.98. The zero-order chi connectivity index (χ0) is 29.2. The summed E-state index contributed by atoms with van der Waals surface area (Å²) in [4.78, 5) is 49.4. The van der Waals surface area contributed by atoms with Gasteiger partial charge in [0.1, 0.15) is 0 Å². The van der Waals surface area contributed by atoms with E-state index in [0.29, 0.717) is 23.0 Å². The lowest BCUT2D eigenvalue weighted by molar-refractivity contribution is -0.149. The molecule has 2 atom stereocenters. The summed E-state index contributed by atoms with van der Waals surface area (Å²) < 4.78 is 5.56. The second-order valence-corrected chi connectivity index (χ2v) is 12.5. The van der Waals surface area contributed by atoms with Crippen molar-refractivity contribution in [2.75, 3.05) is 11.9 Å². The molecule has 0 aliphatic heterocycles. The molecule has 1 N–H and O–H groups in total. The lowest BCUT2D eigenvalue weighted by Gasteiger charge is -2.53. The summed E-state index contributed by atoms with van der Waals surface area (Å²) in [5.74, 6) is -0.507. The molecule has 1 aromatic heterocycles. The fourth-order valence-electron chi connectivity index (χ4n) is 6.95. The van der Waals surface area contributed by atoms with Crippen LogP contribution in [-0.2, 0) is 19.9 Å². The number of aromatic nitrogens is 1. The molecule has 0 radical (unpaired) electrons. The summed E-state index contributed by atoms with van der Waals surface area (Å²) in [6.45, 7) is 3.77. The quantitative estimate of drug-likeness (QED) is 0.331. The first-order valence-electron chi connectivity index (χ1n) is 14.7. The number of benzene rings is 1. The van der Waals surface area contributed by atoms with Crippen molar-refractivity contribution in [1.82, 2.24) is 4.98 Å². The van der Waals surface area contributed by atoms with Gasteiger partial charge in [0.2, 0.25) is 0 Å². The molecule has 3 aliphatic carbocycles. The predicted molar refractivity (Wildman–Crippen MR) is 161 cm³/mol. The van der Waals surface area contributed by atoms with Gasteiger partial charge < -0.3 is 10.1 Å². The molecule has 5 rings (SSSR count). The number of nitrogens with zero attached hydrogens (tertiary/aromatic N) is 2. The van der Waals surface area contributed by atoms with E-state index in [1.165, 1.54) is 18.8 Å². The van der Waals surface area contributed by atoms with E-state index in [1.54, 1.807) is 38.1 Å². The Balaban J connectivity index is 1.49. The van der Waals surface area contributed by atoms with Crippen molar-refractivity contribution in [2.45, 2.75) is 83.6 Å². The molecule has 2 aromatic rings. The molecule has 0 saturated heterocycles. The van der Waals surface area contributed by atoms with Gasteiger partial charge in [-0.15, -0.1) is 0 Å². The molecule has 41 heavy (non-hydrogen) atoms.